The first-order valence-corrected chi connectivity index (χ1v) is 6.91. The highest BCUT2D eigenvalue weighted by atomic mass is 35.5. The number of aryl methyl sites for hydroxylation is 2. The van der Waals surface area contributed by atoms with Gasteiger partial charge in [-0.1, -0.05) is 23.7 Å². The lowest BCUT2D eigenvalue weighted by Gasteiger charge is -2.14. The minimum Gasteiger partial charge on any atom is -0.437 e. The normalized spacial score (nSPS) is 10.4. The Kier molecular flexibility index (Phi) is 4.45. The molecule has 0 radical (unpaired) electrons. The van der Waals surface area contributed by atoms with Gasteiger partial charge >= 0.3 is 0 Å². The second-order valence-electron chi connectivity index (χ2n) is 4.63. The van der Waals surface area contributed by atoms with Gasteiger partial charge in [-0.2, -0.15) is 4.98 Å². The Labute approximate surface area is 124 Å². The molecule has 1 N–H and O–H groups in total. The number of hydrogen-bond acceptors (Lipinski definition) is 4. The molecule has 0 bridgehead atoms. The van der Waals surface area contributed by atoms with Crippen LogP contribution in [0.25, 0.3) is 0 Å². The van der Waals surface area contributed by atoms with Crippen molar-refractivity contribution in [2.24, 2.45) is 0 Å². The summed E-state index contributed by atoms with van der Waals surface area (Å²) in [6.45, 7) is 8.80. The molecule has 0 atom stereocenters. The van der Waals surface area contributed by atoms with Gasteiger partial charge in [0.2, 0.25) is 11.8 Å². The predicted octanol–water partition coefficient (Wildman–Crippen LogP) is 4.28. The highest BCUT2D eigenvalue weighted by Crippen LogP contribution is 2.33. The molecular weight excluding hydrogens is 274 g/mol. The lowest BCUT2D eigenvalue weighted by atomic mass is 10.1. The Hall–Kier alpha value is -1.81. The van der Waals surface area contributed by atoms with Crippen molar-refractivity contribution < 1.29 is 4.74 Å². The lowest BCUT2D eigenvalue weighted by Crippen LogP contribution is -2.03. The summed E-state index contributed by atoms with van der Waals surface area (Å²) in [5.74, 6) is 1.68. The first-order chi connectivity index (χ1) is 9.52. The van der Waals surface area contributed by atoms with Crippen LogP contribution in [0.5, 0.6) is 11.6 Å². The summed E-state index contributed by atoms with van der Waals surface area (Å²) in [4.78, 5) is 8.39. The molecular formula is C15H18ClN3O. The van der Waals surface area contributed by atoms with E-state index in [0.29, 0.717) is 16.9 Å². The molecule has 0 saturated carbocycles. The molecule has 1 heterocycles. The van der Waals surface area contributed by atoms with Crippen molar-refractivity contribution in [1.29, 1.82) is 0 Å². The topological polar surface area (TPSA) is 47.0 Å². The summed E-state index contributed by atoms with van der Waals surface area (Å²) in [6, 6.07) is 4.10. The van der Waals surface area contributed by atoms with Crippen LogP contribution in [0, 0.1) is 20.8 Å². The molecule has 0 aliphatic carbocycles. The van der Waals surface area contributed by atoms with Crippen LogP contribution in [0.2, 0.25) is 5.02 Å². The van der Waals surface area contributed by atoms with Crippen LogP contribution < -0.4 is 10.1 Å². The lowest BCUT2D eigenvalue weighted by molar-refractivity contribution is 0.455. The molecule has 2 rings (SSSR count). The molecule has 0 amide bonds. The van der Waals surface area contributed by atoms with E-state index in [-0.39, 0.29) is 0 Å². The average Bonchev–Trinajstić information content (AvgIpc) is 2.43. The van der Waals surface area contributed by atoms with Gasteiger partial charge in [0.15, 0.2) is 0 Å². The number of aromatic nitrogens is 2. The van der Waals surface area contributed by atoms with Crippen molar-refractivity contribution in [3.05, 3.63) is 40.0 Å². The summed E-state index contributed by atoms with van der Waals surface area (Å²) in [5.41, 5.74) is 3.31. The molecule has 106 valence electrons. The standard InChI is InChI=1S/C15H18ClN3O/c1-5-17-15-18-8-12(16)14(19-15)20-13-10(3)7-6-9(2)11(13)4/h6-8H,5H2,1-4H3,(H,17,18,19). The molecule has 5 heteroatoms. The van der Waals surface area contributed by atoms with Crippen molar-refractivity contribution in [2.75, 3.05) is 11.9 Å². The van der Waals surface area contributed by atoms with Crippen LogP contribution in [0.3, 0.4) is 0 Å². The van der Waals surface area contributed by atoms with Gasteiger partial charge in [0.05, 0.1) is 6.20 Å². The second kappa shape index (κ2) is 6.09. The Morgan fingerprint density at radius 1 is 1.20 bits per heavy atom. The molecule has 0 aliphatic rings. The van der Waals surface area contributed by atoms with Crippen LogP contribution in [-0.2, 0) is 0 Å². The smallest absolute Gasteiger partial charge is 0.243 e. The number of rotatable bonds is 4. The van der Waals surface area contributed by atoms with E-state index in [2.05, 4.69) is 21.4 Å². The molecule has 0 saturated heterocycles. The van der Waals surface area contributed by atoms with E-state index in [9.17, 15) is 0 Å². The second-order valence-corrected chi connectivity index (χ2v) is 5.04. The van der Waals surface area contributed by atoms with Gasteiger partial charge in [-0.15, -0.1) is 0 Å². The van der Waals surface area contributed by atoms with Gasteiger partial charge in [-0.25, -0.2) is 4.98 Å². The first kappa shape index (κ1) is 14.6. The largest absolute Gasteiger partial charge is 0.437 e. The van der Waals surface area contributed by atoms with E-state index < -0.39 is 0 Å². The summed E-state index contributed by atoms with van der Waals surface area (Å²) < 4.78 is 5.92. The quantitative estimate of drug-likeness (QED) is 0.913. The van der Waals surface area contributed by atoms with Crippen molar-refractivity contribution in [3.63, 3.8) is 0 Å². The molecule has 4 nitrogen and oxygen atoms in total. The van der Waals surface area contributed by atoms with Crippen LogP contribution in [-0.4, -0.2) is 16.5 Å². The average molecular weight is 292 g/mol. The van der Waals surface area contributed by atoms with Gasteiger partial charge in [-0.3, -0.25) is 0 Å². The highest BCUT2D eigenvalue weighted by molar-refractivity contribution is 6.31. The summed E-state index contributed by atoms with van der Waals surface area (Å²) in [5, 5.41) is 3.44. The molecule has 20 heavy (non-hydrogen) atoms. The van der Waals surface area contributed by atoms with E-state index in [1.807, 2.05) is 33.8 Å². The van der Waals surface area contributed by atoms with Gasteiger partial charge in [0.25, 0.3) is 0 Å². The molecule has 0 spiro atoms. The fraction of sp³-hybridized carbons (Fsp3) is 0.333. The predicted molar refractivity (Wildman–Crippen MR) is 81.9 cm³/mol. The number of halogens is 1. The maximum atomic E-state index is 6.11. The minimum atomic E-state index is 0.370. The Bertz CT molecular complexity index is 629. The van der Waals surface area contributed by atoms with Gasteiger partial charge < -0.3 is 10.1 Å². The van der Waals surface area contributed by atoms with E-state index in [0.717, 1.165) is 23.4 Å². The zero-order valence-electron chi connectivity index (χ0n) is 12.1. The zero-order valence-corrected chi connectivity index (χ0v) is 12.9. The third-order valence-corrected chi connectivity index (χ3v) is 3.38. The van der Waals surface area contributed by atoms with Crippen molar-refractivity contribution in [2.45, 2.75) is 27.7 Å². The van der Waals surface area contributed by atoms with Gasteiger partial charge in [0, 0.05) is 6.54 Å². The number of benzene rings is 1. The maximum Gasteiger partial charge on any atom is 0.243 e. The van der Waals surface area contributed by atoms with Gasteiger partial charge in [0.1, 0.15) is 10.8 Å². The Balaban J connectivity index is 2.39. The van der Waals surface area contributed by atoms with Crippen molar-refractivity contribution in [1.82, 2.24) is 9.97 Å². The summed E-state index contributed by atoms with van der Waals surface area (Å²) >= 11 is 6.11. The van der Waals surface area contributed by atoms with Crippen LogP contribution in [0.1, 0.15) is 23.6 Å². The van der Waals surface area contributed by atoms with Crippen molar-refractivity contribution >= 4 is 17.5 Å². The van der Waals surface area contributed by atoms with Gasteiger partial charge in [-0.05, 0) is 44.4 Å². The van der Waals surface area contributed by atoms with Crippen molar-refractivity contribution in [3.8, 4) is 11.6 Å². The number of nitrogens with one attached hydrogen (secondary N) is 1. The number of anilines is 1. The summed E-state index contributed by atoms with van der Waals surface area (Å²) in [6.07, 6.45) is 1.54. The molecule has 0 aliphatic heterocycles. The van der Waals surface area contributed by atoms with E-state index >= 15 is 0 Å². The molecule has 1 aromatic carbocycles. The van der Waals surface area contributed by atoms with Crippen LogP contribution in [0.15, 0.2) is 18.3 Å². The van der Waals surface area contributed by atoms with E-state index in [1.54, 1.807) is 6.20 Å². The SMILES string of the molecule is CCNc1ncc(Cl)c(Oc2c(C)ccc(C)c2C)n1. The first-order valence-electron chi connectivity index (χ1n) is 6.54. The summed E-state index contributed by atoms with van der Waals surface area (Å²) in [7, 11) is 0. The van der Waals surface area contributed by atoms with E-state index in [1.165, 1.54) is 5.56 Å². The monoisotopic (exact) mass is 291 g/mol. The van der Waals surface area contributed by atoms with E-state index in [4.69, 9.17) is 16.3 Å². The maximum absolute atomic E-state index is 6.11. The number of ether oxygens (including phenoxy) is 1. The Morgan fingerprint density at radius 2 is 1.90 bits per heavy atom. The molecule has 1 aromatic heterocycles. The minimum absolute atomic E-state index is 0.370. The molecule has 0 unspecified atom stereocenters. The third-order valence-electron chi connectivity index (χ3n) is 3.12. The highest BCUT2D eigenvalue weighted by Gasteiger charge is 2.12. The molecule has 0 fully saturated rings. The van der Waals surface area contributed by atoms with Crippen LogP contribution >= 0.6 is 11.6 Å². The fourth-order valence-corrected chi connectivity index (χ4v) is 1.98. The fourth-order valence-electron chi connectivity index (χ4n) is 1.85. The molecule has 2 aromatic rings. The van der Waals surface area contributed by atoms with Crippen LogP contribution in [0.4, 0.5) is 5.95 Å². The Morgan fingerprint density at radius 3 is 2.60 bits per heavy atom. The zero-order chi connectivity index (χ0) is 14.7. The number of nitrogens with zero attached hydrogens (tertiary/aromatic N) is 2. The number of hydrogen-bond donors (Lipinski definition) is 1. The third kappa shape index (κ3) is 3.02.